The van der Waals surface area contributed by atoms with E-state index >= 15 is 0 Å². The van der Waals surface area contributed by atoms with Gasteiger partial charge in [0.2, 0.25) is 5.91 Å². The Morgan fingerprint density at radius 3 is 2.37 bits per heavy atom. The first-order valence-corrected chi connectivity index (χ1v) is 9.22. The Morgan fingerprint density at radius 2 is 1.81 bits per heavy atom. The molecule has 2 aromatic rings. The topological polar surface area (TPSA) is 66.4 Å². The van der Waals surface area contributed by atoms with Gasteiger partial charge in [-0.15, -0.1) is 11.8 Å². The molecule has 0 radical (unpaired) electrons. The van der Waals surface area contributed by atoms with Crippen LogP contribution in [0.4, 0.5) is 13.2 Å². The highest BCUT2D eigenvalue weighted by Crippen LogP contribution is 2.29. The Hall–Kier alpha value is -2.48. The Labute approximate surface area is 158 Å². The number of halogens is 3. The van der Waals surface area contributed by atoms with Gasteiger partial charge in [-0.1, -0.05) is 30.3 Å². The first-order chi connectivity index (χ1) is 12.7. The van der Waals surface area contributed by atoms with Gasteiger partial charge in [-0.2, -0.15) is 13.2 Å². The molecule has 4 nitrogen and oxygen atoms in total. The predicted molar refractivity (Wildman–Crippen MR) is 96.5 cm³/mol. The van der Waals surface area contributed by atoms with Crippen LogP contribution in [0.1, 0.15) is 29.2 Å². The summed E-state index contributed by atoms with van der Waals surface area (Å²) in [6, 6.07) is 10.8. The van der Waals surface area contributed by atoms with E-state index in [-0.39, 0.29) is 18.4 Å². The molecule has 2 rings (SSSR count). The van der Waals surface area contributed by atoms with Crippen LogP contribution in [0, 0.1) is 0 Å². The maximum absolute atomic E-state index is 12.8. The van der Waals surface area contributed by atoms with Gasteiger partial charge in [-0.3, -0.25) is 9.59 Å². The molecule has 0 spiro atoms. The second kappa shape index (κ2) is 8.94. The number of benzene rings is 2. The van der Waals surface area contributed by atoms with Crippen molar-refractivity contribution < 1.29 is 27.9 Å². The summed E-state index contributed by atoms with van der Waals surface area (Å²) in [6.07, 6.45) is -3.19. The molecule has 8 heteroatoms. The van der Waals surface area contributed by atoms with Crippen molar-refractivity contribution in [3.63, 3.8) is 0 Å². The highest BCUT2D eigenvalue weighted by atomic mass is 32.2. The van der Waals surface area contributed by atoms with Gasteiger partial charge in [0.15, 0.2) is 0 Å². The number of alkyl halides is 3. The summed E-state index contributed by atoms with van der Waals surface area (Å²) in [5.41, 5.74) is -0.00994. The zero-order chi connectivity index (χ0) is 20.0. The monoisotopic (exact) mass is 397 g/mol. The second-order valence-corrected chi connectivity index (χ2v) is 6.75. The van der Waals surface area contributed by atoms with Crippen molar-refractivity contribution in [1.29, 1.82) is 0 Å². The zero-order valence-electron chi connectivity index (χ0n) is 14.4. The van der Waals surface area contributed by atoms with Gasteiger partial charge in [0.05, 0.1) is 24.4 Å². The third kappa shape index (κ3) is 6.32. The second-order valence-electron chi connectivity index (χ2n) is 5.87. The summed E-state index contributed by atoms with van der Waals surface area (Å²) < 4.78 is 38.3. The number of hydrogen-bond donors (Lipinski definition) is 2. The smallest absolute Gasteiger partial charge is 0.416 e. The molecule has 2 N–H and O–H groups in total. The van der Waals surface area contributed by atoms with E-state index in [9.17, 15) is 22.8 Å². The van der Waals surface area contributed by atoms with Crippen LogP contribution in [0.25, 0.3) is 0 Å². The van der Waals surface area contributed by atoms with Gasteiger partial charge < -0.3 is 10.4 Å². The van der Waals surface area contributed by atoms with Crippen molar-refractivity contribution in [2.45, 2.75) is 30.0 Å². The number of rotatable bonds is 7. The summed E-state index contributed by atoms with van der Waals surface area (Å²) >= 11 is 1.53. The molecule has 0 aliphatic rings. The molecule has 2 aromatic carbocycles. The molecule has 1 amide bonds. The minimum absolute atomic E-state index is 0.203. The lowest BCUT2D eigenvalue weighted by molar-refractivity contribution is -0.138. The van der Waals surface area contributed by atoms with E-state index in [1.165, 1.54) is 23.9 Å². The van der Waals surface area contributed by atoms with Crippen LogP contribution in [0.3, 0.4) is 0 Å². The summed E-state index contributed by atoms with van der Waals surface area (Å²) in [5.74, 6) is -1.64. The largest absolute Gasteiger partial charge is 0.481 e. The van der Waals surface area contributed by atoms with E-state index in [0.717, 1.165) is 17.0 Å². The number of carbonyl (C=O) groups is 2. The highest BCUT2D eigenvalue weighted by Gasteiger charge is 2.30. The van der Waals surface area contributed by atoms with Crippen molar-refractivity contribution in [3.8, 4) is 0 Å². The third-order valence-corrected chi connectivity index (χ3v) is 4.59. The predicted octanol–water partition coefficient (Wildman–Crippen LogP) is 4.30. The third-order valence-electron chi connectivity index (χ3n) is 3.85. The van der Waals surface area contributed by atoms with Crippen LogP contribution in [0.15, 0.2) is 53.4 Å². The lowest BCUT2D eigenvalue weighted by Crippen LogP contribution is -2.31. The molecular weight excluding hydrogens is 379 g/mol. The van der Waals surface area contributed by atoms with Gasteiger partial charge >= 0.3 is 12.1 Å². The number of carboxylic acid groups (broad SMARTS) is 1. The number of hydrogen-bond acceptors (Lipinski definition) is 3. The van der Waals surface area contributed by atoms with Crippen molar-refractivity contribution in [2.75, 3.05) is 6.26 Å². The fraction of sp³-hybridized carbons (Fsp3) is 0.263. The number of carboxylic acids is 1. The van der Waals surface area contributed by atoms with Crippen LogP contribution in [0.2, 0.25) is 0 Å². The lowest BCUT2D eigenvalue weighted by Gasteiger charge is -2.18. The minimum Gasteiger partial charge on any atom is -0.481 e. The summed E-state index contributed by atoms with van der Waals surface area (Å²) in [6.45, 7) is 0. The standard InChI is InChI=1S/C19H18F3NO3S/c1-27-15-7-5-13(6-8-15)16(11-18(25)26)23-17(24)10-12-3-2-4-14(9-12)19(20,21)22/h2-9,16H,10-11H2,1H3,(H,23,24)(H,25,26). The Bertz CT molecular complexity index is 807. The van der Waals surface area contributed by atoms with Crippen LogP contribution in [0.5, 0.6) is 0 Å². The average Bonchev–Trinajstić information content (AvgIpc) is 2.60. The van der Waals surface area contributed by atoms with Gasteiger partial charge in [0.1, 0.15) is 0 Å². The molecule has 0 heterocycles. The molecule has 0 aromatic heterocycles. The van der Waals surface area contributed by atoms with E-state index in [2.05, 4.69) is 5.32 Å². The average molecular weight is 397 g/mol. The number of thioether (sulfide) groups is 1. The highest BCUT2D eigenvalue weighted by molar-refractivity contribution is 7.98. The molecule has 1 atom stereocenters. The van der Waals surface area contributed by atoms with Crippen LogP contribution < -0.4 is 5.32 Å². The van der Waals surface area contributed by atoms with E-state index in [0.29, 0.717) is 5.56 Å². The maximum Gasteiger partial charge on any atom is 0.416 e. The SMILES string of the molecule is CSc1ccc(C(CC(=O)O)NC(=O)Cc2cccc(C(F)(F)F)c2)cc1. The maximum atomic E-state index is 12.8. The van der Waals surface area contributed by atoms with Crippen LogP contribution in [-0.4, -0.2) is 23.2 Å². The molecule has 0 fully saturated rings. The Kier molecular flexibility index (Phi) is 6.90. The molecule has 0 aliphatic carbocycles. The summed E-state index contributed by atoms with van der Waals surface area (Å²) in [7, 11) is 0. The van der Waals surface area contributed by atoms with Crippen molar-refractivity contribution in [1.82, 2.24) is 5.32 Å². The molecule has 27 heavy (non-hydrogen) atoms. The summed E-state index contributed by atoms with van der Waals surface area (Å²) in [4.78, 5) is 24.4. The Balaban J connectivity index is 2.12. The fourth-order valence-corrected chi connectivity index (χ4v) is 2.96. The first kappa shape index (κ1) is 20.8. The van der Waals surface area contributed by atoms with Crippen molar-refractivity contribution in [2.24, 2.45) is 0 Å². The normalized spacial score (nSPS) is 12.4. The van der Waals surface area contributed by atoms with Gasteiger partial charge in [-0.05, 0) is 35.6 Å². The molecule has 0 aliphatic heterocycles. The zero-order valence-corrected chi connectivity index (χ0v) is 15.2. The quantitative estimate of drug-likeness (QED) is 0.684. The lowest BCUT2D eigenvalue weighted by atomic mass is 10.0. The molecule has 1 unspecified atom stereocenters. The van der Waals surface area contributed by atoms with Crippen molar-refractivity contribution >= 4 is 23.6 Å². The number of aliphatic carboxylic acids is 1. The van der Waals surface area contributed by atoms with Crippen molar-refractivity contribution in [3.05, 3.63) is 65.2 Å². The number of amides is 1. The van der Waals surface area contributed by atoms with Gasteiger partial charge in [0, 0.05) is 4.90 Å². The molecule has 0 saturated heterocycles. The van der Waals surface area contributed by atoms with E-state index < -0.39 is 29.7 Å². The van der Waals surface area contributed by atoms with Crippen LogP contribution >= 0.6 is 11.8 Å². The first-order valence-electron chi connectivity index (χ1n) is 8.00. The summed E-state index contributed by atoms with van der Waals surface area (Å²) in [5, 5.41) is 11.7. The fourth-order valence-electron chi connectivity index (χ4n) is 2.55. The molecule has 0 bridgehead atoms. The molecule has 0 saturated carbocycles. The minimum atomic E-state index is -4.49. The van der Waals surface area contributed by atoms with E-state index in [1.807, 2.05) is 18.4 Å². The van der Waals surface area contributed by atoms with Crippen LogP contribution in [-0.2, 0) is 22.2 Å². The molecular formula is C19H18F3NO3S. The number of carbonyl (C=O) groups excluding carboxylic acids is 1. The van der Waals surface area contributed by atoms with E-state index in [1.54, 1.807) is 12.1 Å². The molecule has 144 valence electrons. The van der Waals surface area contributed by atoms with E-state index in [4.69, 9.17) is 5.11 Å². The van der Waals surface area contributed by atoms with Gasteiger partial charge in [0.25, 0.3) is 0 Å². The number of nitrogens with one attached hydrogen (secondary N) is 1. The Morgan fingerprint density at radius 1 is 1.15 bits per heavy atom. The van der Waals surface area contributed by atoms with Gasteiger partial charge in [-0.25, -0.2) is 0 Å².